The van der Waals surface area contributed by atoms with Gasteiger partial charge in [-0.1, -0.05) is 72.3 Å². The maximum atomic E-state index is 14.0. The zero-order chi connectivity index (χ0) is 27.2. The van der Waals surface area contributed by atoms with E-state index in [2.05, 4.69) is 5.32 Å². The monoisotopic (exact) mass is 521 g/mol. The molecular weight excluding hydrogens is 486 g/mol. The first kappa shape index (κ1) is 27.9. The zero-order valence-corrected chi connectivity index (χ0v) is 22.9. The zero-order valence-electron chi connectivity index (χ0n) is 22.1. The molecule has 0 saturated carbocycles. The number of amides is 2. The highest BCUT2D eigenvalue weighted by molar-refractivity contribution is 7.92. The molecule has 1 atom stereocenters. The van der Waals surface area contributed by atoms with E-state index in [4.69, 9.17) is 0 Å². The molecule has 0 aliphatic carbocycles. The fraction of sp³-hybridized carbons (Fsp3) is 0.310. The number of anilines is 1. The predicted molar refractivity (Wildman–Crippen MR) is 148 cm³/mol. The molecule has 0 heterocycles. The Morgan fingerprint density at radius 3 is 2.16 bits per heavy atom. The molecule has 0 bridgehead atoms. The number of carbonyl (C=O) groups excluding carboxylic acids is 2. The Labute approximate surface area is 220 Å². The van der Waals surface area contributed by atoms with Crippen molar-refractivity contribution in [3.63, 3.8) is 0 Å². The van der Waals surface area contributed by atoms with Crippen LogP contribution in [-0.4, -0.2) is 51.0 Å². The van der Waals surface area contributed by atoms with Crippen LogP contribution in [0.25, 0.3) is 0 Å². The smallest absolute Gasteiger partial charge is 0.244 e. The third kappa shape index (κ3) is 7.20. The van der Waals surface area contributed by atoms with E-state index in [1.807, 2.05) is 81.4 Å². The Kier molecular flexibility index (Phi) is 9.10. The number of nitrogens with one attached hydrogen (secondary N) is 1. The molecule has 0 fully saturated rings. The number of rotatable bonds is 10. The summed E-state index contributed by atoms with van der Waals surface area (Å²) < 4.78 is 26.9. The average Bonchev–Trinajstić information content (AvgIpc) is 2.86. The predicted octanol–water partition coefficient (Wildman–Crippen LogP) is 3.76. The van der Waals surface area contributed by atoms with Gasteiger partial charge in [0.1, 0.15) is 12.6 Å². The molecule has 0 saturated heterocycles. The van der Waals surface area contributed by atoms with Gasteiger partial charge in [-0.05, 0) is 49.1 Å². The van der Waals surface area contributed by atoms with Gasteiger partial charge in [-0.2, -0.15) is 0 Å². The number of likely N-dealkylation sites (N-methyl/N-ethyl adjacent to an activating group) is 1. The maximum absolute atomic E-state index is 14.0. The van der Waals surface area contributed by atoms with Gasteiger partial charge in [-0.3, -0.25) is 13.9 Å². The molecule has 3 aromatic carbocycles. The van der Waals surface area contributed by atoms with Crippen molar-refractivity contribution in [3.05, 3.63) is 101 Å². The topological polar surface area (TPSA) is 86.8 Å². The van der Waals surface area contributed by atoms with Crippen LogP contribution in [0.3, 0.4) is 0 Å². The largest absolute Gasteiger partial charge is 0.357 e. The molecule has 37 heavy (non-hydrogen) atoms. The number of hydrogen-bond donors (Lipinski definition) is 1. The van der Waals surface area contributed by atoms with Crippen molar-refractivity contribution in [3.8, 4) is 0 Å². The second-order valence-electron chi connectivity index (χ2n) is 9.32. The highest BCUT2D eigenvalue weighted by Crippen LogP contribution is 2.26. The second-order valence-corrected chi connectivity index (χ2v) is 11.2. The lowest BCUT2D eigenvalue weighted by atomic mass is 10.0. The van der Waals surface area contributed by atoms with Crippen LogP contribution in [0.15, 0.2) is 72.8 Å². The standard InChI is InChI=1S/C29H35N3O4S/c1-21-11-9-15-25(17-21)19-31(27(29(34)30-4)18-24-13-7-6-8-14-24)28(33)20-32(37(5,35)36)26-16-10-12-22(2)23(26)3/h6-17,27H,18-20H2,1-5H3,(H,30,34)/t27-/m0/s1. The van der Waals surface area contributed by atoms with Crippen molar-refractivity contribution in [2.75, 3.05) is 24.2 Å². The third-order valence-corrected chi connectivity index (χ3v) is 7.60. The van der Waals surface area contributed by atoms with E-state index in [-0.39, 0.29) is 12.5 Å². The van der Waals surface area contributed by atoms with E-state index in [0.717, 1.165) is 38.4 Å². The quantitative estimate of drug-likeness (QED) is 0.440. The lowest BCUT2D eigenvalue weighted by molar-refractivity contribution is -0.139. The van der Waals surface area contributed by atoms with Crippen LogP contribution in [0.1, 0.15) is 27.8 Å². The van der Waals surface area contributed by atoms with Gasteiger partial charge in [0, 0.05) is 20.0 Å². The number of carbonyl (C=O) groups is 2. The van der Waals surface area contributed by atoms with Crippen molar-refractivity contribution in [2.45, 2.75) is 39.8 Å². The van der Waals surface area contributed by atoms with Crippen LogP contribution >= 0.6 is 0 Å². The molecule has 8 heteroatoms. The molecule has 3 aromatic rings. The SMILES string of the molecule is CNC(=O)[C@H](Cc1ccccc1)N(Cc1cccc(C)c1)C(=O)CN(c1cccc(C)c1C)S(C)(=O)=O. The minimum Gasteiger partial charge on any atom is -0.357 e. The Hall–Kier alpha value is -3.65. The van der Waals surface area contributed by atoms with Gasteiger partial charge >= 0.3 is 0 Å². The van der Waals surface area contributed by atoms with Crippen LogP contribution < -0.4 is 9.62 Å². The third-order valence-electron chi connectivity index (χ3n) is 6.48. The summed E-state index contributed by atoms with van der Waals surface area (Å²) in [6.07, 6.45) is 1.38. The number of aryl methyl sites for hydroxylation is 2. The summed E-state index contributed by atoms with van der Waals surface area (Å²) in [4.78, 5) is 28.6. The van der Waals surface area contributed by atoms with Crippen LogP contribution in [0.5, 0.6) is 0 Å². The molecule has 196 valence electrons. The molecule has 0 spiro atoms. The maximum Gasteiger partial charge on any atom is 0.244 e. The van der Waals surface area contributed by atoms with Gasteiger partial charge in [0.25, 0.3) is 0 Å². The van der Waals surface area contributed by atoms with Gasteiger partial charge in [-0.15, -0.1) is 0 Å². The van der Waals surface area contributed by atoms with E-state index in [1.165, 1.54) is 11.9 Å². The Morgan fingerprint density at radius 1 is 0.892 bits per heavy atom. The van der Waals surface area contributed by atoms with E-state index < -0.39 is 28.5 Å². The fourth-order valence-corrected chi connectivity index (χ4v) is 5.23. The van der Waals surface area contributed by atoms with Gasteiger partial charge in [0.15, 0.2) is 0 Å². The number of benzene rings is 3. The minimum absolute atomic E-state index is 0.163. The molecule has 0 aliphatic rings. The van der Waals surface area contributed by atoms with Crippen LogP contribution in [0.4, 0.5) is 5.69 Å². The Balaban J connectivity index is 2.06. The first-order chi connectivity index (χ1) is 17.5. The average molecular weight is 522 g/mol. The number of hydrogen-bond acceptors (Lipinski definition) is 4. The summed E-state index contributed by atoms with van der Waals surface area (Å²) in [7, 11) is -2.25. The molecule has 0 unspecified atom stereocenters. The Morgan fingerprint density at radius 2 is 1.54 bits per heavy atom. The van der Waals surface area contributed by atoms with Crippen molar-refractivity contribution in [2.24, 2.45) is 0 Å². The van der Waals surface area contributed by atoms with Crippen molar-refractivity contribution >= 4 is 27.5 Å². The van der Waals surface area contributed by atoms with Crippen molar-refractivity contribution < 1.29 is 18.0 Å². The molecule has 1 N–H and O–H groups in total. The first-order valence-electron chi connectivity index (χ1n) is 12.2. The number of sulfonamides is 1. The van der Waals surface area contributed by atoms with Crippen LogP contribution in [-0.2, 0) is 32.6 Å². The van der Waals surface area contributed by atoms with E-state index in [0.29, 0.717) is 12.1 Å². The molecule has 0 aromatic heterocycles. The van der Waals surface area contributed by atoms with Crippen molar-refractivity contribution in [1.29, 1.82) is 0 Å². The first-order valence-corrected chi connectivity index (χ1v) is 14.0. The van der Waals surface area contributed by atoms with E-state index in [1.54, 1.807) is 12.1 Å². The Bertz CT molecular complexity index is 1360. The summed E-state index contributed by atoms with van der Waals surface area (Å²) in [5.41, 5.74) is 4.92. The van der Waals surface area contributed by atoms with Gasteiger partial charge in [-0.25, -0.2) is 8.42 Å². The highest BCUT2D eigenvalue weighted by atomic mass is 32.2. The van der Waals surface area contributed by atoms with Crippen molar-refractivity contribution in [1.82, 2.24) is 10.2 Å². The van der Waals surface area contributed by atoms with E-state index in [9.17, 15) is 18.0 Å². The summed E-state index contributed by atoms with van der Waals surface area (Å²) >= 11 is 0. The van der Waals surface area contributed by atoms with Gasteiger partial charge in [0.05, 0.1) is 11.9 Å². The van der Waals surface area contributed by atoms with Gasteiger partial charge in [0.2, 0.25) is 21.8 Å². The lowest BCUT2D eigenvalue weighted by Crippen LogP contribution is -2.53. The number of nitrogens with zero attached hydrogens (tertiary/aromatic N) is 2. The molecule has 2 amide bonds. The van der Waals surface area contributed by atoms with E-state index >= 15 is 0 Å². The normalized spacial score (nSPS) is 12.0. The molecule has 3 rings (SSSR count). The fourth-order valence-electron chi connectivity index (χ4n) is 4.33. The second kappa shape index (κ2) is 12.1. The molecule has 7 nitrogen and oxygen atoms in total. The van der Waals surface area contributed by atoms with Crippen LogP contribution in [0, 0.1) is 20.8 Å². The molecule has 0 aliphatic heterocycles. The highest BCUT2D eigenvalue weighted by Gasteiger charge is 2.33. The minimum atomic E-state index is -3.79. The van der Waals surface area contributed by atoms with Gasteiger partial charge < -0.3 is 10.2 Å². The summed E-state index contributed by atoms with van der Waals surface area (Å²) in [6, 6.07) is 21.7. The van der Waals surface area contributed by atoms with Crippen LogP contribution in [0.2, 0.25) is 0 Å². The summed E-state index contributed by atoms with van der Waals surface area (Å²) in [5.74, 6) is -0.778. The molecule has 0 radical (unpaired) electrons. The summed E-state index contributed by atoms with van der Waals surface area (Å²) in [5, 5.41) is 2.68. The summed E-state index contributed by atoms with van der Waals surface area (Å²) in [6.45, 7) is 5.43. The molecular formula is C29H35N3O4S. The lowest BCUT2D eigenvalue weighted by Gasteiger charge is -2.33.